The number of pyridine rings is 1. The van der Waals surface area contributed by atoms with E-state index in [0.29, 0.717) is 13.2 Å². The highest BCUT2D eigenvalue weighted by atomic mass is 16.7. The van der Waals surface area contributed by atoms with Crippen molar-refractivity contribution in [3.63, 3.8) is 0 Å². The number of amides is 1. The Morgan fingerprint density at radius 2 is 2.00 bits per heavy atom. The topological polar surface area (TPSA) is 56.1 Å². The van der Waals surface area contributed by atoms with Crippen molar-refractivity contribution < 1.29 is 14.3 Å². The molecule has 0 saturated carbocycles. The first-order valence-electron chi connectivity index (χ1n) is 9.26. The number of nitrogens with zero attached hydrogens (tertiary/aromatic N) is 3. The third-order valence-corrected chi connectivity index (χ3v) is 5.88. The van der Waals surface area contributed by atoms with Gasteiger partial charge in [-0.1, -0.05) is 6.07 Å². The van der Waals surface area contributed by atoms with Gasteiger partial charge in [-0.2, -0.15) is 0 Å². The lowest BCUT2D eigenvalue weighted by Gasteiger charge is -2.39. The Morgan fingerprint density at radius 1 is 1.20 bits per heavy atom. The normalized spacial score (nSPS) is 25.4. The molecule has 4 heterocycles. The third kappa shape index (κ3) is 2.55. The lowest BCUT2D eigenvalue weighted by atomic mass is 9.88. The second-order valence-corrected chi connectivity index (χ2v) is 7.31. The van der Waals surface area contributed by atoms with Crippen molar-refractivity contribution in [1.29, 1.82) is 0 Å². The first-order valence-corrected chi connectivity index (χ1v) is 9.26. The molecule has 0 N–H and O–H groups in total. The van der Waals surface area contributed by atoms with Gasteiger partial charge in [0, 0.05) is 50.2 Å². The number of likely N-dealkylation sites (tertiary alicyclic amines) is 1. The summed E-state index contributed by atoms with van der Waals surface area (Å²) < 4.78 is 13.7. The van der Waals surface area contributed by atoms with Crippen LogP contribution in [0.3, 0.4) is 0 Å². The summed E-state index contributed by atoms with van der Waals surface area (Å²) in [5, 5.41) is 0. The molecule has 2 aromatic rings. The van der Waals surface area contributed by atoms with Crippen LogP contribution in [0.1, 0.15) is 30.7 Å². The Hall–Kier alpha value is -1.92. The highest BCUT2D eigenvalue weighted by molar-refractivity contribution is 5.79. The first kappa shape index (κ1) is 15.3. The number of hydrogen-bond acceptors (Lipinski definition) is 4. The monoisotopic (exact) mass is 341 g/mol. The molecule has 2 aliphatic heterocycles. The largest absolute Gasteiger partial charge is 0.347 e. The number of imidazole rings is 1. The highest BCUT2D eigenvalue weighted by Gasteiger charge is 2.42. The van der Waals surface area contributed by atoms with Crippen molar-refractivity contribution in [1.82, 2.24) is 14.3 Å². The average molecular weight is 341 g/mol. The van der Waals surface area contributed by atoms with Crippen LogP contribution in [0, 0.1) is 5.92 Å². The zero-order chi connectivity index (χ0) is 16.9. The molecular formula is C19H23N3O3. The van der Waals surface area contributed by atoms with Gasteiger partial charge in [0.25, 0.3) is 0 Å². The SMILES string of the molecule is O=C(C1CCc2nc3ccccn3c2C1)N1CCC2(CC1)OCCO2. The molecule has 6 nitrogen and oxygen atoms in total. The number of rotatable bonds is 1. The minimum Gasteiger partial charge on any atom is -0.347 e. The molecule has 1 aliphatic carbocycles. The van der Waals surface area contributed by atoms with Gasteiger partial charge in [0.15, 0.2) is 5.79 Å². The van der Waals surface area contributed by atoms with E-state index in [1.54, 1.807) is 0 Å². The summed E-state index contributed by atoms with van der Waals surface area (Å²) in [5.74, 6) is -0.0746. The molecule has 3 aliphatic rings. The number of carbonyl (C=O) groups excluding carboxylic acids is 1. The van der Waals surface area contributed by atoms with Gasteiger partial charge in [-0.15, -0.1) is 0 Å². The van der Waals surface area contributed by atoms with Crippen LogP contribution in [0.25, 0.3) is 5.65 Å². The third-order valence-electron chi connectivity index (χ3n) is 5.88. The van der Waals surface area contributed by atoms with Gasteiger partial charge in [0.1, 0.15) is 5.65 Å². The molecule has 5 rings (SSSR count). The van der Waals surface area contributed by atoms with Crippen molar-refractivity contribution >= 4 is 11.6 Å². The fourth-order valence-electron chi connectivity index (χ4n) is 4.48. The van der Waals surface area contributed by atoms with E-state index in [0.717, 1.165) is 56.5 Å². The molecule has 6 heteroatoms. The van der Waals surface area contributed by atoms with Crippen molar-refractivity contribution in [3.8, 4) is 0 Å². The lowest BCUT2D eigenvalue weighted by Crippen LogP contribution is -2.49. The fourth-order valence-corrected chi connectivity index (χ4v) is 4.48. The van der Waals surface area contributed by atoms with Crippen molar-refractivity contribution in [3.05, 3.63) is 35.8 Å². The van der Waals surface area contributed by atoms with E-state index >= 15 is 0 Å². The second-order valence-electron chi connectivity index (χ2n) is 7.31. The zero-order valence-electron chi connectivity index (χ0n) is 14.3. The summed E-state index contributed by atoms with van der Waals surface area (Å²) in [4.78, 5) is 19.8. The number of fused-ring (bicyclic) bond motifs is 3. The number of aryl methyl sites for hydroxylation is 1. The van der Waals surface area contributed by atoms with Gasteiger partial charge in [-0.05, 0) is 25.0 Å². The maximum Gasteiger partial charge on any atom is 0.226 e. The van der Waals surface area contributed by atoms with Crippen LogP contribution in [-0.2, 0) is 27.1 Å². The molecule has 2 fully saturated rings. The minimum atomic E-state index is -0.418. The number of hydrogen-bond donors (Lipinski definition) is 0. The number of aromatic nitrogens is 2. The van der Waals surface area contributed by atoms with E-state index in [9.17, 15) is 4.79 Å². The molecule has 0 aromatic carbocycles. The molecule has 2 aromatic heterocycles. The van der Waals surface area contributed by atoms with Crippen LogP contribution < -0.4 is 0 Å². The van der Waals surface area contributed by atoms with Gasteiger partial charge in [-0.25, -0.2) is 4.98 Å². The van der Waals surface area contributed by atoms with Crippen LogP contribution in [0.2, 0.25) is 0 Å². The van der Waals surface area contributed by atoms with E-state index in [2.05, 4.69) is 4.40 Å². The summed E-state index contributed by atoms with van der Waals surface area (Å²) in [5.41, 5.74) is 3.34. The second kappa shape index (κ2) is 5.81. The fraction of sp³-hybridized carbons (Fsp3) is 0.579. The summed E-state index contributed by atoms with van der Waals surface area (Å²) in [6.07, 6.45) is 6.18. The molecule has 25 heavy (non-hydrogen) atoms. The number of ether oxygens (including phenoxy) is 2. The first-order chi connectivity index (χ1) is 12.2. The van der Waals surface area contributed by atoms with Crippen molar-refractivity contribution in [2.75, 3.05) is 26.3 Å². The molecule has 0 radical (unpaired) electrons. The minimum absolute atomic E-state index is 0.0621. The summed E-state index contributed by atoms with van der Waals surface area (Å²) in [6.45, 7) is 2.81. The van der Waals surface area contributed by atoms with Gasteiger partial charge in [0.05, 0.1) is 18.9 Å². The quantitative estimate of drug-likeness (QED) is 0.794. The summed E-state index contributed by atoms with van der Waals surface area (Å²) >= 11 is 0. The van der Waals surface area contributed by atoms with E-state index in [1.165, 1.54) is 5.69 Å². The highest BCUT2D eigenvalue weighted by Crippen LogP contribution is 2.33. The van der Waals surface area contributed by atoms with Crippen molar-refractivity contribution in [2.45, 2.75) is 37.9 Å². The Labute approximate surface area is 146 Å². The molecule has 0 bridgehead atoms. The molecule has 2 saturated heterocycles. The number of piperidine rings is 1. The maximum atomic E-state index is 13.0. The van der Waals surface area contributed by atoms with Gasteiger partial charge in [-0.3, -0.25) is 4.79 Å². The molecule has 132 valence electrons. The predicted molar refractivity (Wildman–Crippen MR) is 91.2 cm³/mol. The van der Waals surface area contributed by atoms with Gasteiger partial charge in [0.2, 0.25) is 5.91 Å². The van der Waals surface area contributed by atoms with Crippen LogP contribution in [0.15, 0.2) is 24.4 Å². The summed E-state index contributed by atoms with van der Waals surface area (Å²) in [6, 6.07) is 6.06. The average Bonchev–Trinajstić information content (AvgIpc) is 3.26. The lowest BCUT2D eigenvalue weighted by molar-refractivity contribution is -0.188. The maximum absolute atomic E-state index is 13.0. The van der Waals surface area contributed by atoms with Crippen LogP contribution in [0.5, 0.6) is 0 Å². The van der Waals surface area contributed by atoms with Crippen LogP contribution >= 0.6 is 0 Å². The Morgan fingerprint density at radius 3 is 2.80 bits per heavy atom. The molecule has 1 amide bonds. The van der Waals surface area contributed by atoms with E-state index in [4.69, 9.17) is 14.5 Å². The Kier molecular flexibility index (Phi) is 3.57. The van der Waals surface area contributed by atoms with E-state index in [1.807, 2.05) is 29.3 Å². The van der Waals surface area contributed by atoms with Gasteiger partial charge < -0.3 is 18.8 Å². The standard InChI is InChI=1S/C19H23N3O3/c23-18(21-9-6-19(7-10-21)24-11-12-25-19)14-4-5-15-16(13-14)22-8-2-1-3-17(22)20-15/h1-3,8,14H,4-7,9-13H2. The van der Waals surface area contributed by atoms with Crippen molar-refractivity contribution in [2.24, 2.45) is 5.92 Å². The Balaban J connectivity index is 1.30. The molecule has 1 spiro atoms. The zero-order valence-corrected chi connectivity index (χ0v) is 14.3. The van der Waals surface area contributed by atoms with Crippen LogP contribution in [0.4, 0.5) is 0 Å². The summed E-state index contributed by atoms with van der Waals surface area (Å²) in [7, 11) is 0. The number of carbonyl (C=O) groups is 1. The molecule has 1 unspecified atom stereocenters. The van der Waals surface area contributed by atoms with Crippen LogP contribution in [-0.4, -0.2) is 52.3 Å². The van der Waals surface area contributed by atoms with E-state index < -0.39 is 5.79 Å². The molecular weight excluding hydrogens is 318 g/mol. The Bertz CT molecular complexity index is 799. The van der Waals surface area contributed by atoms with Gasteiger partial charge >= 0.3 is 0 Å². The smallest absolute Gasteiger partial charge is 0.226 e. The molecule has 1 atom stereocenters. The predicted octanol–water partition coefficient (Wildman–Crippen LogP) is 1.80. The van der Waals surface area contributed by atoms with E-state index in [-0.39, 0.29) is 11.8 Å².